The molecule has 0 aliphatic carbocycles. The molecule has 2 rings (SSSR count). The summed E-state index contributed by atoms with van der Waals surface area (Å²) in [5.41, 5.74) is 1.10. The maximum atomic E-state index is 12.9. The van der Waals surface area contributed by atoms with E-state index in [1.165, 1.54) is 0 Å². The van der Waals surface area contributed by atoms with Crippen LogP contribution in [0.25, 0.3) is 0 Å². The number of carbonyl (C=O) groups excluding carboxylic acids is 2. The lowest BCUT2D eigenvalue weighted by atomic mass is 9.90. The minimum atomic E-state index is -0.443. The highest BCUT2D eigenvalue weighted by Crippen LogP contribution is 2.22. The molecule has 1 N–H and O–H groups in total. The molecule has 0 radical (unpaired) electrons. The summed E-state index contributed by atoms with van der Waals surface area (Å²) in [7, 11) is 0. The molecule has 0 aromatic heterocycles. The van der Waals surface area contributed by atoms with Crippen LogP contribution in [-0.4, -0.2) is 41.9 Å². The van der Waals surface area contributed by atoms with E-state index in [4.69, 9.17) is 4.74 Å². The number of hydrogen-bond donors (Lipinski definition) is 1. The molecule has 0 spiro atoms. The molecular weight excluding hydrogens is 316 g/mol. The van der Waals surface area contributed by atoms with Gasteiger partial charge in [-0.25, -0.2) is 0 Å². The van der Waals surface area contributed by atoms with Crippen molar-refractivity contribution in [1.29, 1.82) is 0 Å². The molecule has 1 fully saturated rings. The molecule has 0 bridgehead atoms. The smallest absolute Gasteiger partial charge is 0.246 e. The van der Waals surface area contributed by atoms with Gasteiger partial charge in [-0.05, 0) is 17.4 Å². The standard InChI is InChI=1S/C20H30N2O3/c1-5-15(4)18-19(23)21-17(14(2)3)20(24)22(18)11-12-25-13-16-9-7-6-8-10-16/h6-10,14-15,17-18H,5,11-13H2,1-4H3,(H,21,23). The largest absolute Gasteiger partial charge is 0.375 e. The second-order valence-electron chi connectivity index (χ2n) is 7.13. The van der Waals surface area contributed by atoms with Crippen LogP contribution in [0.5, 0.6) is 0 Å². The van der Waals surface area contributed by atoms with E-state index in [1.807, 2.05) is 58.0 Å². The zero-order valence-electron chi connectivity index (χ0n) is 15.7. The van der Waals surface area contributed by atoms with Crippen molar-refractivity contribution in [2.75, 3.05) is 13.2 Å². The Bertz CT molecular complexity index is 574. The maximum absolute atomic E-state index is 12.9. The van der Waals surface area contributed by atoms with Gasteiger partial charge in [0, 0.05) is 6.54 Å². The van der Waals surface area contributed by atoms with Crippen molar-refractivity contribution in [3.8, 4) is 0 Å². The summed E-state index contributed by atoms with van der Waals surface area (Å²) < 4.78 is 5.74. The fraction of sp³-hybridized carbons (Fsp3) is 0.600. The SMILES string of the molecule is CCC(C)C1C(=O)NC(C(C)C)C(=O)N1CCOCc1ccccc1. The Morgan fingerprint density at radius 3 is 2.44 bits per heavy atom. The Labute approximate surface area is 150 Å². The van der Waals surface area contributed by atoms with E-state index >= 15 is 0 Å². The van der Waals surface area contributed by atoms with Crippen LogP contribution in [0, 0.1) is 11.8 Å². The maximum Gasteiger partial charge on any atom is 0.246 e. The van der Waals surface area contributed by atoms with E-state index in [0.29, 0.717) is 19.8 Å². The summed E-state index contributed by atoms with van der Waals surface area (Å²) in [6.45, 7) is 9.35. The predicted octanol–water partition coefficient (Wildman–Crippen LogP) is 2.60. The van der Waals surface area contributed by atoms with Gasteiger partial charge in [0.2, 0.25) is 11.8 Å². The van der Waals surface area contributed by atoms with E-state index in [9.17, 15) is 9.59 Å². The zero-order chi connectivity index (χ0) is 18.4. The summed E-state index contributed by atoms with van der Waals surface area (Å²) >= 11 is 0. The van der Waals surface area contributed by atoms with Crippen molar-refractivity contribution in [2.45, 2.75) is 52.8 Å². The highest BCUT2D eigenvalue weighted by Gasteiger charge is 2.43. The predicted molar refractivity (Wildman–Crippen MR) is 97.8 cm³/mol. The first-order chi connectivity index (χ1) is 12.0. The molecule has 2 amide bonds. The summed E-state index contributed by atoms with van der Waals surface area (Å²) in [6.07, 6.45) is 0.846. The first-order valence-corrected chi connectivity index (χ1v) is 9.18. The lowest BCUT2D eigenvalue weighted by molar-refractivity contribution is -0.153. The second kappa shape index (κ2) is 8.99. The third-order valence-corrected chi connectivity index (χ3v) is 4.89. The van der Waals surface area contributed by atoms with Crippen LogP contribution in [0.3, 0.4) is 0 Å². The Balaban J connectivity index is 2.01. The number of nitrogens with one attached hydrogen (secondary N) is 1. The van der Waals surface area contributed by atoms with Crippen LogP contribution < -0.4 is 5.32 Å². The fourth-order valence-electron chi connectivity index (χ4n) is 3.17. The molecule has 138 valence electrons. The van der Waals surface area contributed by atoms with E-state index in [1.54, 1.807) is 4.90 Å². The highest BCUT2D eigenvalue weighted by molar-refractivity contribution is 5.97. The summed E-state index contributed by atoms with van der Waals surface area (Å²) in [4.78, 5) is 27.2. The van der Waals surface area contributed by atoms with Crippen molar-refractivity contribution in [2.24, 2.45) is 11.8 Å². The van der Waals surface area contributed by atoms with Crippen LogP contribution in [-0.2, 0) is 20.9 Å². The van der Waals surface area contributed by atoms with Gasteiger partial charge in [-0.2, -0.15) is 0 Å². The lowest BCUT2D eigenvalue weighted by Gasteiger charge is -2.42. The van der Waals surface area contributed by atoms with Crippen molar-refractivity contribution in [3.05, 3.63) is 35.9 Å². The van der Waals surface area contributed by atoms with Crippen LogP contribution in [0.4, 0.5) is 0 Å². The second-order valence-corrected chi connectivity index (χ2v) is 7.13. The van der Waals surface area contributed by atoms with E-state index < -0.39 is 12.1 Å². The van der Waals surface area contributed by atoms with E-state index in [2.05, 4.69) is 5.32 Å². The Morgan fingerprint density at radius 2 is 1.84 bits per heavy atom. The lowest BCUT2D eigenvalue weighted by Crippen LogP contribution is -2.66. The molecule has 3 unspecified atom stereocenters. The molecule has 25 heavy (non-hydrogen) atoms. The first-order valence-electron chi connectivity index (χ1n) is 9.18. The van der Waals surface area contributed by atoms with Crippen molar-refractivity contribution in [1.82, 2.24) is 10.2 Å². The Hall–Kier alpha value is -1.88. The number of carbonyl (C=O) groups is 2. The van der Waals surface area contributed by atoms with Crippen molar-refractivity contribution < 1.29 is 14.3 Å². The third-order valence-electron chi connectivity index (χ3n) is 4.89. The molecule has 1 aromatic rings. The topological polar surface area (TPSA) is 58.6 Å². The van der Waals surface area contributed by atoms with Crippen LogP contribution in [0.15, 0.2) is 30.3 Å². The van der Waals surface area contributed by atoms with Gasteiger partial charge in [-0.3, -0.25) is 9.59 Å². The van der Waals surface area contributed by atoms with Gasteiger partial charge in [-0.15, -0.1) is 0 Å². The van der Waals surface area contributed by atoms with Gasteiger partial charge >= 0.3 is 0 Å². The van der Waals surface area contributed by atoms with Gasteiger partial charge in [0.1, 0.15) is 12.1 Å². The Kier molecular flexibility index (Phi) is 7.00. The summed E-state index contributed by atoms with van der Waals surface area (Å²) in [5, 5.41) is 2.91. The third kappa shape index (κ3) is 4.82. The monoisotopic (exact) mass is 346 g/mol. The van der Waals surface area contributed by atoms with Crippen molar-refractivity contribution in [3.63, 3.8) is 0 Å². The molecule has 1 aliphatic rings. The highest BCUT2D eigenvalue weighted by atomic mass is 16.5. The average molecular weight is 346 g/mol. The Morgan fingerprint density at radius 1 is 1.16 bits per heavy atom. The number of rotatable bonds is 8. The van der Waals surface area contributed by atoms with E-state index in [0.717, 1.165) is 12.0 Å². The number of ether oxygens (including phenoxy) is 1. The quantitative estimate of drug-likeness (QED) is 0.736. The fourth-order valence-corrected chi connectivity index (χ4v) is 3.17. The van der Waals surface area contributed by atoms with Crippen molar-refractivity contribution >= 4 is 11.8 Å². The molecule has 1 heterocycles. The normalized spacial score (nSPS) is 22.2. The molecule has 5 nitrogen and oxygen atoms in total. The molecule has 1 aliphatic heterocycles. The molecule has 1 aromatic carbocycles. The number of piperazine rings is 1. The minimum Gasteiger partial charge on any atom is -0.375 e. The van der Waals surface area contributed by atoms with Gasteiger partial charge < -0.3 is 15.0 Å². The molecule has 0 saturated carbocycles. The summed E-state index contributed by atoms with van der Waals surface area (Å²) in [6, 6.07) is 9.09. The molecule has 5 heteroatoms. The first kappa shape index (κ1) is 19.4. The number of benzene rings is 1. The van der Waals surface area contributed by atoms with Crippen LogP contribution in [0.1, 0.15) is 39.7 Å². The number of amides is 2. The molecule has 1 saturated heterocycles. The number of nitrogens with zero attached hydrogens (tertiary/aromatic N) is 1. The van der Waals surface area contributed by atoms with Gasteiger partial charge in [0.15, 0.2) is 0 Å². The van der Waals surface area contributed by atoms with Gasteiger partial charge in [-0.1, -0.05) is 64.4 Å². The zero-order valence-corrected chi connectivity index (χ0v) is 15.7. The van der Waals surface area contributed by atoms with Crippen LogP contribution in [0.2, 0.25) is 0 Å². The molecule has 3 atom stereocenters. The summed E-state index contributed by atoms with van der Waals surface area (Å²) in [5.74, 6) is 0.146. The van der Waals surface area contributed by atoms with E-state index in [-0.39, 0.29) is 23.7 Å². The van der Waals surface area contributed by atoms with Crippen LogP contribution >= 0.6 is 0 Å². The van der Waals surface area contributed by atoms with Gasteiger partial charge in [0.05, 0.1) is 13.2 Å². The van der Waals surface area contributed by atoms with Gasteiger partial charge in [0.25, 0.3) is 0 Å². The average Bonchev–Trinajstić information content (AvgIpc) is 2.61. The number of hydrogen-bond acceptors (Lipinski definition) is 3. The minimum absolute atomic E-state index is 0.00297. The molecular formula is C20H30N2O3.